The summed E-state index contributed by atoms with van der Waals surface area (Å²) in [7, 11) is 0. The monoisotopic (exact) mass is 336 g/mol. The Balaban J connectivity index is 1.57. The third kappa shape index (κ3) is 4.13. The largest absolute Gasteiger partial charge is 0.357 e. The zero-order chi connectivity index (χ0) is 16.3. The van der Waals surface area contributed by atoms with Crippen molar-refractivity contribution in [2.75, 3.05) is 44.2 Å². The fourth-order valence-electron chi connectivity index (χ4n) is 2.69. The third-order valence-electron chi connectivity index (χ3n) is 4.67. The van der Waals surface area contributed by atoms with Gasteiger partial charge in [0, 0.05) is 57.2 Å². The van der Waals surface area contributed by atoms with Crippen LogP contribution in [-0.2, 0) is 6.42 Å². The first-order valence-electron chi connectivity index (χ1n) is 8.74. The summed E-state index contributed by atoms with van der Waals surface area (Å²) in [5.74, 6) is 2.03. The Labute approximate surface area is 143 Å². The van der Waals surface area contributed by atoms with E-state index in [1.54, 1.807) is 0 Å². The SMILES string of the molecule is CCNC(=NCC1(C)CC1)N1CCN(c2nc(CC)ns2)CC1. The number of aliphatic imine (C=N–C) groups is 1. The molecule has 2 aliphatic rings. The van der Waals surface area contributed by atoms with E-state index in [1.165, 1.54) is 24.4 Å². The lowest BCUT2D eigenvalue weighted by Gasteiger charge is -2.36. The zero-order valence-corrected chi connectivity index (χ0v) is 15.3. The smallest absolute Gasteiger partial charge is 0.205 e. The molecular formula is C16H28N6S. The first kappa shape index (κ1) is 16.5. The van der Waals surface area contributed by atoms with Crippen molar-refractivity contribution in [3.63, 3.8) is 0 Å². The van der Waals surface area contributed by atoms with E-state index in [0.717, 1.165) is 62.6 Å². The van der Waals surface area contributed by atoms with Gasteiger partial charge >= 0.3 is 0 Å². The molecule has 1 aromatic rings. The number of piperazine rings is 1. The summed E-state index contributed by atoms with van der Waals surface area (Å²) >= 11 is 1.52. The molecule has 0 bridgehead atoms. The lowest BCUT2D eigenvalue weighted by Crippen LogP contribution is -2.52. The van der Waals surface area contributed by atoms with E-state index in [4.69, 9.17) is 4.99 Å². The second-order valence-corrected chi connectivity index (χ2v) is 7.53. The van der Waals surface area contributed by atoms with Gasteiger partial charge in [-0.25, -0.2) is 4.98 Å². The van der Waals surface area contributed by atoms with Gasteiger partial charge < -0.3 is 15.1 Å². The number of anilines is 1. The Bertz CT molecular complexity index is 543. The number of nitrogens with one attached hydrogen (secondary N) is 1. The molecule has 0 unspecified atom stereocenters. The lowest BCUT2D eigenvalue weighted by atomic mass is 10.1. The minimum Gasteiger partial charge on any atom is -0.357 e. The van der Waals surface area contributed by atoms with Crippen LogP contribution in [0, 0.1) is 5.41 Å². The maximum atomic E-state index is 4.87. The minimum atomic E-state index is 0.464. The second-order valence-electron chi connectivity index (χ2n) is 6.80. The Hall–Kier alpha value is -1.37. The van der Waals surface area contributed by atoms with Gasteiger partial charge in [0.05, 0.1) is 0 Å². The van der Waals surface area contributed by atoms with Gasteiger partial charge in [-0.05, 0) is 25.2 Å². The minimum absolute atomic E-state index is 0.464. The quantitative estimate of drug-likeness (QED) is 0.658. The van der Waals surface area contributed by atoms with Crippen molar-refractivity contribution in [2.45, 2.75) is 40.0 Å². The molecule has 23 heavy (non-hydrogen) atoms. The van der Waals surface area contributed by atoms with Gasteiger partial charge in [-0.2, -0.15) is 4.37 Å². The third-order valence-corrected chi connectivity index (χ3v) is 5.49. The molecule has 1 aliphatic heterocycles. The predicted molar refractivity (Wildman–Crippen MR) is 96.4 cm³/mol. The molecule has 3 rings (SSSR count). The average molecular weight is 337 g/mol. The summed E-state index contributed by atoms with van der Waals surface area (Å²) in [4.78, 5) is 14.2. The van der Waals surface area contributed by atoms with Gasteiger partial charge in [0.15, 0.2) is 5.96 Å². The van der Waals surface area contributed by atoms with Crippen LogP contribution in [0.2, 0.25) is 0 Å². The summed E-state index contributed by atoms with van der Waals surface area (Å²) in [6.45, 7) is 12.4. The van der Waals surface area contributed by atoms with Crippen molar-refractivity contribution < 1.29 is 0 Å². The first-order chi connectivity index (χ1) is 11.1. The van der Waals surface area contributed by atoms with Crippen LogP contribution in [0.3, 0.4) is 0 Å². The van der Waals surface area contributed by atoms with Crippen LogP contribution < -0.4 is 10.2 Å². The van der Waals surface area contributed by atoms with Gasteiger partial charge in [0.25, 0.3) is 0 Å². The van der Waals surface area contributed by atoms with E-state index < -0.39 is 0 Å². The van der Waals surface area contributed by atoms with Crippen LogP contribution in [0.25, 0.3) is 0 Å². The topological polar surface area (TPSA) is 56.7 Å². The maximum absolute atomic E-state index is 4.87. The van der Waals surface area contributed by atoms with E-state index in [2.05, 4.69) is 45.2 Å². The van der Waals surface area contributed by atoms with Crippen molar-refractivity contribution in [3.05, 3.63) is 5.82 Å². The fraction of sp³-hybridized carbons (Fsp3) is 0.812. The zero-order valence-electron chi connectivity index (χ0n) is 14.5. The molecule has 2 fully saturated rings. The number of aryl methyl sites for hydroxylation is 1. The predicted octanol–water partition coefficient (Wildman–Crippen LogP) is 1.99. The van der Waals surface area contributed by atoms with Gasteiger partial charge in [-0.1, -0.05) is 13.8 Å². The number of hydrogen-bond acceptors (Lipinski definition) is 5. The average Bonchev–Trinajstić information content (AvgIpc) is 3.12. The molecule has 128 valence electrons. The van der Waals surface area contributed by atoms with Crippen LogP contribution in [0.15, 0.2) is 4.99 Å². The van der Waals surface area contributed by atoms with Crippen molar-refractivity contribution in [1.82, 2.24) is 19.6 Å². The Morgan fingerprint density at radius 3 is 2.57 bits per heavy atom. The van der Waals surface area contributed by atoms with Gasteiger partial charge in [0.2, 0.25) is 5.13 Å². The molecule has 1 N–H and O–H groups in total. The van der Waals surface area contributed by atoms with E-state index in [1.807, 2.05) is 0 Å². The highest BCUT2D eigenvalue weighted by molar-refractivity contribution is 7.09. The molecule has 0 aromatic carbocycles. The van der Waals surface area contributed by atoms with Crippen molar-refractivity contribution in [3.8, 4) is 0 Å². The summed E-state index contributed by atoms with van der Waals surface area (Å²) in [6.07, 6.45) is 3.55. The highest BCUT2D eigenvalue weighted by Gasteiger charge is 2.37. The van der Waals surface area contributed by atoms with Crippen molar-refractivity contribution in [2.24, 2.45) is 10.4 Å². The molecule has 0 radical (unpaired) electrons. The van der Waals surface area contributed by atoms with Crippen LogP contribution in [0.4, 0.5) is 5.13 Å². The first-order valence-corrected chi connectivity index (χ1v) is 9.51. The second kappa shape index (κ2) is 7.03. The molecule has 0 atom stereocenters. The summed E-state index contributed by atoms with van der Waals surface area (Å²) in [5, 5.41) is 4.52. The number of rotatable bonds is 5. The Morgan fingerprint density at radius 2 is 2.00 bits per heavy atom. The van der Waals surface area contributed by atoms with Crippen molar-refractivity contribution >= 4 is 22.6 Å². The van der Waals surface area contributed by atoms with Crippen LogP contribution in [0.5, 0.6) is 0 Å². The molecule has 0 spiro atoms. The number of nitrogens with zero attached hydrogens (tertiary/aromatic N) is 5. The van der Waals surface area contributed by atoms with Gasteiger partial charge in [-0.15, -0.1) is 0 Å². The van der Waals surface area contributed by atoms with Gasteiger partial charge in [-0.3, -0.25) is 4.99 Å². The molecule has 1 aliphatic carbocycles. The Kier molecular flexibility index (Phi) is 5.04. The fourth-order valence-corrected chi connectivity index (χ4v) is 3.49. The van der Waals surface area contributed by atoms with Gasteiger partial charge in [0.1, 0.15) is 5.82 Å². The van der Waals surface area contributed by atoms with Crippen LogP contribution in [0.1, 0.15) is 39.4 Å². The molecule has 1 saturated heterocycles. The van der Waals surface area contributed by atoms with E-state index >= 15 is 0 Å². The van der Waals surface area contributed by atoms with Crippen LogP contribution >= 0.6 is 11.5 Å². The van der Waals surface area contributed by atoms with Crippen LogP contribution in [-0.4, -0.2) is 59.5 Å². The lowest BCUT2D eigenvalue weighted by molar-refractivity contribution is 0.371. The number of hydrogen-bond donors (Lipinski definition) is 1. The molecule has 0 amide bonds. The molecule has 6 nitrogen and oxygen atoms in total. The summed E-state index contributed by atoms with van der Waals surface area (Å²) < 4.78 is 4.40. The number of guanidine groups is 1. The molecule has 7 heteroatoms. The van der Waals surface area contributed by atoms with E-state index in [9.17, 15) is 0 Å². The Morgan fingerprint density at radius 1 is 1.26 bits per heavy atom. The normalized spacial score (nSPS) is 20.7. The molecule has 1 saturated carbocycles. The molecular weight excluding hydrogens is 308 g/mol. The maximum Gasteiger partial charge on any atom is 0.205 e. The summed E-state index contributed by atoms with van der Waals surface area (Å²) in [6, 6.07) is 0. The highest BCUT2D eigenvalue weighted by atomic mass is 32.1. The molecule has 2 heterocycles. The molecule has 1 aromatic heterocycles. The summed E-state index contributed by atoms with van der Waals surface area (Å²) in [5.41, 5.74) is 0.464. The van der Waals surface area contributed by atoms with E-state index in [0.29, 0.717) is 5.41 Å². The highest BCUT2D eigenvalue weighted by Crippen LogP contribution is 2.45. The number of aromatic nitrogens is 2. The standard InChI is InChI=1S/C16H28N6S/c1-4-13-19-15(23-20-13)22-10-8-21(9-11-22)14(17-5-2)18-12-16(3)6-7-16/h4-12H2,1-3H3,(H,17,18). The van der Waals surface area contributed by atoms with E-state index in [-0.39, 0.29) is 0 Å². The van der Waals surface area contributed by atoms with Crippen molar-refractivity contribution in [1.29, 1.82) is 0 Å².